The van der Waals surface area contributed by atoms with Gasteiger partial charge in [-0.05, 0) is 34.6 Å². The van der Waals surface area contributed by atoms with Crippen LogP contribution in [-0.2, 0) is 13.1 Å². The number of rotatable bonds is 7. The van der Waals surface area contributed by atoms with Crippen molar-refractivity contribution in [3.8, 4) is 11.5 Å². The van der Waals surface area contributed by atoms with Crippen LogP contribution >= 0.6 is 15.9 Å². The molecule has 1 heterocycles. The zero-order valence-corrected chi connectivity index (χ0v) is 14.0. The normalized spacial score (nSPS) is 10.7. The van der Waals surface area contributed by atoms with Crippen LogP contribution in [-0.4, -0.2) is 35.8 Å². The van der Waals surface area contributed by atoms with Crippen molar-refractivity contribution in [2.24, 2.45) is 0 Å². The van der Waals surface area contributed by atoms with E-state index in [1.165, 1.54) is 0 Å². The monoisotopic (exact) mass is 354 g/mol. The lowest BCUT2D eigenvalue weighted by atomic mass is 10.2. The van der Waals surface area contributed by atoms with Gasteiger partial charge in [-0.25, -0.2) is 4.68 Å². The van der Waals surface area contributed by atoms with Gasteiger partial charge in [-0.2, -0.15) is 0 Å². The van der Waals surface area contributed by atoms with E-state index in [9.17, 15) is 0 Å². The molecule has 0 amide bonds. The molecule has 0 aliphatic carbocycles. The third kappa shape index (κ3) is 3.95. The lowest BCUT2D eigenvalue weighted by Crippen LogP contribution is -2.11. The summed E-state index contributed by atoms with van der Waals surface area (Å²) in [6, 6.07) is 3.83. The van der Waals surface area contributed by atoms with Crippen molar-refractivity contribution < 1.29 is 9.47 Å². The van der Waals surface area contributed by atoms with Gasteiger partial charge in [0.15, 0.2) is 0 Å². The Morgan fingerprint density at radius 1 is 1.24 bits per heavy atom. The van der Waals surface area contributed by atoms with Crippen LogP contribution in [0.3, 0.4) is 0 Å². The maximum atomic E-state index is 5.41. The first kappa shape index (κ1) is 15.8. The molecule has 0 fully saturated rings. The number of halogens is 1. The molecule has 0 saturated heterocycles. The summed E-state index contributed by atoms with van der Waals surface area (Å²) in [5, 5.41) is 11.5. The van der Waals surface area contributed by atoms with E-state index in [1.807, 2.05) is 18.3 Å². The van der Waals surface area contributed by atoms with Crippen LogP contribution in [0, 0.1) is 0 Å². The van der Waals surface area contributed by atoms with Crippen molar-refractivity contribution in [1.29, 1.82) is 0 Å². The number of aromatic nitrogens is 3. The van der Waals surface area contributed by atoms with Crippen molar-refractivity contribution in [1.82, 2.24) is 20.3 Å². The number of hydrogen-bond acceptors (Lipinski definition) is 5. The van der Waals surface area contributed by atoms with Crippen LogP contribution in [0.15, 0.2) is 22.8 Å². The highest BCUT2D eigenvalue weighted by molar-refractivity contribution is 9.10. The van der Waals surface area contributed by atoms with Gasteiger partial charge in [0.1, 0.15) is 11.5 Å². The maximum Gasteiger partial charge on any atom is 0.133 e. The van der Waals surface area contributed by atoms with Crippen LogP contribution < -0.4 is 14.8 Å². The highest BCUT2D eigenvalue weighted by Gasteiger charge is 2.11. The van der Waals surface area contributed by atoms with E-state index in [-0.39, 0.29) is 0 Å². The summed E-state index contributed by atoms with van der Waals surface area (Å²) < 4.78 is 13.4. The summed E-state index contributed by atoms with van der Waals surface area (Å²) in [6.45, 7) is 4.26. The maximum absolute atomic E-state index is 5.41. The minimum Gasteiger partial charge on any atom is -0.496 e. The summed E-state index contributed by atoms with van der Waals surface area (Å²) in [5.41, 5.74) is 1.90. The number of benzene rings is 1. The van der Waals surface area contributed by atoms with Crippen LogP contribution in [0.5, 0.6) is 11.5 Å². The van der Waals surface area contributed by atoms with E-state index in [4.69, 9.17) is 9.47 Å². The van der Waals surface area contributed by atoms with Crippen molar-refractivity contribution >= 4 is 15.9 Å². The van der Waals surface area contributed by atoms with Gasteiger partial charge in [-0.15, -0.1) is 5.10 Å². The summed E-state index contributed by atoms with van der Waals surface area (Å²) in [5.74, 6) is 1.55. The standard InChI is InChI=1S/C14H19BrN4O2/c1-4-16-7-11-9-19(18-17-11)8-10-5-14(21-3)12(15)6-13(10)20-2/h5-6,9,16H,4,7-8H2,1-3H3. The molecule has 114 valence electrons. The molecule has 0 unspecified atom stereocenters. The van der Waals surface area contributed by atoms with Crippen molar-refractivity contribution in [2.75, 3.05) is 20.8 Å². The molecular weight excluding hydrogens is 336 g/mol. The van der Waals surface area contributed by atoms with E-state index >= 15 is 0 Å². The lowest BCUT2D eigenvalue weighted by Gasteiger charge is -2.12. The Kier molecular flexibility index (Phi) is 5.58. The van der Waals surface area contributed by atoms with Crippen molar-refractivity contribution in [2.45, 2.75) is 20.0 Å². The van der Waals surface area contributed by atoms with E-state index < -0.39 is 0 Å². The second kappa shape index (κ2) is 7.42. The number of hydrogen-bond donors (Lipinski definition) is 1. The molecule has 0 atom stereocenters. The Bertz CT molecular complexity index is 601. The summed E-state index contributed by atoms with van der Waals surface area (Å²) >= 11 is 3.45. The van der Waals surface area contributed by atoms with Crippen LogP contribution in [0.1, 0.15) is 18.2 Å². The Morgan fingerprint density at radius 2 is 2.00 bits per heavy atom. The Labute approximate surface area is 132 Å². The highest BCUT2D eigenvalue weighted by atomic mass is 79.9. The fourth-order valence-electron chi connectivity index (χ4n) is 1.97. The first-order valence-electron chi connectivity index (χ1n) is 6.68. The molecular formula is C14H19BrN4O2. The van der Waals surface area contributed by atoms with E-state index in [2.05, 4.69) is 38.5 Å². The number of nitrogens with zero attached hydrogens (tertiary/aromatic N) is 3. The van der Waals surface area contributed by atoms with Crippen LogP contribution in [0.2, 0.25) is 0 Å². The predicted octanol–water partition coefficient (Wildman–Crippen LogP) is 2.22. The Balaban J connectivity index is 2.19. The number of methoxy groups -OCH3 is 2. The van der Waals surface area contributed by atoms with Gasteiger partial charge in [0.05, 0.1) is 37.1 Å². The minimum absolute atomic E-state index is 0.575. The second-order valence-electron chi connectivity index (χ2n) is 4.49. The molecule has 0 aliphatic heterocycles. The molecule has 0 spiro atoms. The molecule has 0 saturated carbocycles. The SMILES string of the molecule is CCNCc1cn(Cc2cc(OC)c(Br)cc2OC)nn1. The van der Waals surface area contributed by atoms with Gasteiger partial charge < -0.3 is 14.8 Å². The molecule has 1 aromatic heterocycles. The fourth-order valence-corrected chi connectivity index (χ4v) is 2.46. The zero-order valence-electron chi connectivity index (χ0n) is 12.4. The van der Waals surface area contributed by atoms with Gasteiger partial charge in [0.2, 0.25) is 0 Å². The summed E-state index contributed by atoms with van der Waals surface area (Å²) in [6.07, 6.45) is 1.93. The van der Waals surface area contributed by atoms with E-state index in [0.29, 0.717) is 6.54 Å². The third-order valence-electron chi connectivity index (χ3n) is 3.03. The molecule has 6 nitrogen and oxygen atoms in total. The topological polar surface area (TPSA) is 61.2 Å². The first-order valence-corrected chi connectivity index (χ1v) is 7.47. The molecule has 2 rings (SSSR count). The third-order valence-corrected chi connectivity index (χ3v) is 3.65. The van der Waals surface area contributed by atoms with Gasteiger partial charge in [0.25, 0.3) is 0 Å². The van der Waals surface area contributed by atoms with Gasteiger partial charge >= 0.3 is 0 Å². The molecule has 2 aromatic rings. The molecule has 1 aromatic carbocycles. The molecule has 21 heavy (non-hydrogen) atoms. The average molecular weight is 355 g/mol. The van der Waals surface area contributed by atoms with E-state index in [0.717, 1.165) is 40.3 Å². The molecule has 0 bridgehead atoms. The number of nitrogens with one attached hydrogen (secondary N) is 1. The average Bonchev–Trinajstić information content (AvgIpc) is 2.94. The fraction of sp³-hybridized carbons (Fsp3) is 0.429. The van der Waals surface area contributed by atoms with Crippen molar-refractivity contribution in [3.63, 3.8) is 0 Å². The molecule has 0 aliphatic rings. The smallest absolute Gasteiger partial charge is 0.133 e. The second-order valence-corrected chi connectivity index (χ2v) is 5.34. The Hall–Kier alpha value is -1.60. The quantitative estimate of drug-likeness (QED) is 0.825. The van der Waals surface area contributed by atoms with Crippen molar-refractivity contribution in [3.05, 3.63) is 34.1 Å². The molecule has 0 radical (unpaired) electrons. The predicted molar refractivity (Wildman–Crippen MR) is 83.8 cm³/mol. The first-order chi connectivity index (χ1) is 10.2. The van der Waals surface area contributed by atoms with Gasteiger partial charge in [0, 0.05) is 12.1 Å². The van der Waals surface area contributed by atoms with Gasteiger partial charge in [-0.1, -0.05) is 12.1 Å². The summed E-state index contributed by atoms with van der Waals surface area (Å²) in [7, 11) is 3.29. The molecule has 7 heteroatoms. The van der Waals surface area contributed by atoms with Gasteiger partial charge in [-0.3, -0.25) is 0 Å². The van der Waals surface area contributed by atoms with Crippen LogP contribution in [0.4, 0.5) is 0 Å². The zero-order chi connectivity index (χ0) is 15.2. The highest BCUT2D eigenvalue weighted by Crippen LogP contribution is 2.33. The largest absolute Gasteiger partial charge is 0.496 e. The minimum atomic E-state index is 0.575. The Morgan fingerprint density at radius 3 is 2.67 bits per heavy atom. The summed E-state index contributed by atoms with van der Waals surface area (Å²) in [4.78, 5) is 0. The van der Waals surface area contributed by atoms with E-state index in [1.54, 1.807) is 18.9 Å². The lowest BCUT2D eigenvalue weighted by molar-refractivity contribution is 0.394. The number of ether oxygens (including phenoxy) is 2. The molecule has 1 N–H and O–H groups in total. The van der Waals surface area contributed by atoms with Crippen LogP contribution in [0.25, 0.3) is 0 Å².